The zero-order valence-electron chi connectivity index (χ0n) is 25.0. The van der Waals surface area contributed by atoms with Gasteiger partial charge in [0.25, 0.3) is 0 Å². The summed E-state index contributed by atoms with van der Waals surface area (Å²) in [5.74, 6) is 0. The predicted molar refractivity (Wildman–Crippen MR) is 176 cm³/mol. The monoisotopic (exact) mass is 591 g/mol. The molecule has 0 aliphatic carbocycles. The van der Waals surface area contributed by atoms with Gasteiger partial charge < -0.3 is 0 Å². The van der Waals surface area contributed by atoms with E-state index in [1.54, 1.807) is 0 Å². The molecule has 7 heteroatoms. The van der Waals surface area contributed by atoms with Gasteiger partial charge in [0, 0.05) is 93.9 Å². The zero-order chi connectivity index (χ0) is 29.3. The highest BCUT2D eigenvalue weighted by atomic mass is 31.1. The van der Waals surface area contributed by atoms with E-state index in [2.05, 4.69) is 119 Å². The van der Waals surface area contributed by atoms with Gasteiger partial charge in [0.05, 0.1) is 0 Å². The SMILES string of the molecule is Cc1cccc(CP(Cc2cccc(C)n2)Cc2cccc(CP(Cc3cccc(C)n3)Cc3cccc(C)n3)n2)n1. The average Bonchev–Trinajstić information content (AvgIpc) is 2.93. The average molecular weight is 592 g/mol. The number of hydrogen-bond donors (Lipinski definition) is 0. The van der Waals surface area contributed by atoms with Crippen LogP contribution in [0.4, 0.5) is 0 Å². The molecule has 0 aliphatic rings. The lowest BCUT2D eigenvalue weighted by Gasteiger charge is -2.20. The van der Waals surface area contributed by atoms with Crippen LogP contribution < -0.4 is 0 Å². The fourth-order valence-corrected chi connectivity index (χ4v) is 9.64. The number of hydrogen-bond acceptors (Lipinski definition) is 5. The smallest absolute Gasteiger partial charge is 0.0450 e. The first-order valence-corrected chi connectivity index (χ1v) is 18.3. The molecule has 5 aromatic rings. The van der Waals surface area contributed by atoms with E-state index in [0.717, 1.165) is 93.9 Å². The Morgan fingerprint density at radius 3 is 0.786 bits per heavy atom. The van der Waals surface area contributed by atoms with Crippen LogP contribution in [0.25, 0.3) is 0 Å². The molecule has 0 amide bonds. The highest BCUT2D eigenvalue weighted by Gasteiger charge is 2.17. The first-order valence-electron chi connectivity index (χ1n) is 14.5. The number of aromatic nitrogens is 5. The third-order valence-electron chi connectivity index (χ3n) is 6.96. The second kappa shape index (κ2) is 14.7. The fourth-order valence-electron chi connectivity index (χ4n) is 5.17. The summed E-state index contributed by atoms with van der Waals surface area (Å²) in [4.78, 5) is 24.6. The molecule has 0 atom stereocenters. The van der Waals surface area contributed by atoms with Crippen LogP contribution in [0.1, 0.15) is 56.9 Å². The highest BCUT2D eigenvalue weighted by molar-refractivity contribution is 7.55. The summed E-state index contributed by atoms with van der Waals surface area (Å²) in [6.07, 6.45) is 5.75. The Morgan fingerprint density at radius 2 is 0.548 bits per heavy atom. The van der Waals surface area contributed by atoms with Gasteiger partial charge >= 0.3 is 0 Å². The molecule has 0 N–H and O–H groups in total. The van der Waals surface area contributed by atoms with E-state index >= 15 is 0 Å². The second-order valence-electron chi connectivity index (χ2n) is 11.0. The molecule has 5 aromatic heterocycles. The molecular formula is C35H39N5P2. The maximum atomic E-state index is 5.24. The Labute approximate surface area is 252 Å². The quantitative estimate of drug-likeness (QED) is 0.136. The Kier molecular flexibility index (Phi) is 10.5. The van der Waals surface area contributed by atoms with Crippen LogP contribution in [-0.4, -0.2) is 24.9 Å². The van der Waals surface area contributed by atoms with Gasteiger partial charge in [-0.25, -0.2) is 0 Å². The fraction of sp³-hybridized carbons (Fsp3) is 0.286. The molecule has 0 fully saturated rings. The lowest BCUT2D eigenvalue weighted by atomic mass is 10.3. The largest absolute Gasteiger partial charge is 0.258 e. The van der Waals surface area contributed by atoms with E-state index < -0.39 is 15.8 Å². The lowest BCUT2D eigenvalue weighted by molar-refractivity contribution is 1.03. The van der Waals surface area contributed by atoms with Crippen molar-refractivity contribution in [1.82, 2.24) is 24.9 Å². The third-order valence-corrected chi connectivity index (χ3v) is 11.6. The normalized spacial score (nSPS) is 11.4. The highest BCUT2D eigenvalue weighted by Crippen LogP contribution is 2.47. The lowest BCUT2D eigenvalue weighted by Crippen LogP contribution is -2.02. The van der Waals surface area contributed by atoms with Crippen LogP contribution >= 0.6 is 15.8 Å². The first-order chi connectivity index (χ1) is 20.4. The Hall–Kier alpha value is -3.39. The molecule has 0 saturated carbocycles. The van der Waals surface area contributed by atoms with Crippen LogP contribution in [0.5, 0.6) is 0 Å². The van der Waals surface area contributed by atoms with E-state index in [1.165, 1.54) is 0 Å². The minimum atomic E-state index is -0.436. The Balaban J connectivity index is 1.36. The number of nitrogens with zero attached hydrogens (tertiary/aromatic N) is 5. The summed E-state index contributed by atoms with van der Waals surface area (Å²) in [5.41, 5.74) is 11.2. The van der Waals surface area contributed by atoms with E-state index in [1.807, 2.05) is 0 Å². The number of pyridine rings is 5. The molecule has 42 heavy (non-hydrogen) atoms. The first kappa shape index (κ1) is 30.1. The second-order valence-corrected chi connectivity index (χ2v) is 15.6. The van der Waals surface area contributed by atoms with Gasteiger partial charge in [-0.05, 0) is 88.4 Å². The molecule has 0 spiro atoms. The third kappa shape index (κ3) is 9.31. The molecule has 0 aliphatic heterocycles. The molecule has 0 aromatic carbocycles. The van der Waals surface area contributed by atoms with Crippen molar-refractivity contribution in [2.45, 2.75) is 64.7 Å². The van der Waals surface area contributed by atoms with Crippen molar-refractivity contribution in [1.29, 1.82) is 0 Å². The Morgan fingerprint density at radius 1 is 0.333 bits per heavy atom. The molecule has 0 saturated heterocycles. The van der Waals surface area contributed by atoms with Crippen LogP contribution in [0.15, 0.2) is 91.0 Å². The van der Waals surface area contributed by atoms with Crippen molar-refractivity contribution in [3.8, 4) is 0 Å². The topological polar surface area (TPSA) is 64.5 Å². The van der Waals surface area contributed by atoms with Crippen LogP contribution in [0.2, 0.25) is 0 Å². The van der Waals surface area contributed by atoms with Gasteiger partial charge in [-0.1, -0.05) is 46.2 Å². The van der Waals surface area contributed by atoms with Gasteiger partial charge in [-0.3, -0.25) is 24.9 Å². The van der Waals surface area contributed by atoms with Crippen molar-refractivity contribution in [2.24, 2.45) is 0 Å². The van der Waals surface area contributed by atoms with Crippen molar-refractivity contribution >= 4 is 15.8 Å². The summed E-state index contributed by atoms with van der Waals surface area (Å²) < 4.78 is 0. The maximum Gasteiger partial charge on any atom is 0.0450 e. The minimum Gasteiger partial charge on any atom is -0.258 e. The molecule has 0 bridgehead atoms. The van der Waals surface area contributed by atoms with Gasteiger partial charge in [0.2, 0.25) is 0 Å². The molecule has 5 nitrogen and oxygen atoms in total. The van der Waals surface area contributed by atoms with E-state index in [4.69, 9.17) is 24.9 Å². The molecule has 5 rings (SSSR count). The molecular weight excluding hydrogens is 552 g/mol. The summed E-state index contributed by atoms with van der Waals surface area (Å²) in [5, 5.41) is 0. The van der Waals surface area contributed by atoms with E-state index in [9.17, 15) is 0 Å². The molecule has 5 heterocycles. The molecule has 214 valence electrons. The zero-order valence-corrected chi connectivity index (χ0v) is 26.8. The number of rotatable bonds is 12. The maximum absolute atomic E-state index is 5.24. The van der Waals surface area contributed by atoms with Gasteiger partial charge in [-0.2, -0.15) is 0 Å². The summed E-state index contributed by atoms with van der Waals surface area (Å²) in [7, 11) is -0.872. The van der Waals surface area contributed by atoms with Gasteiger partial charge in [-0.15, -0.1) is 0 Å². The van der Waals surface area contributed by atoms with Crippen LogP contribution in [0, 0.1) is 27.7 Å². The van der Waals surface area contributed by atoms with Crippen molar-refractivity contribution in [3.63, 3.8) is 0 Å². The number of aryl methyl sites for hydroxylation is 4. The van der Waals surface area contributed by atoms with Crippen LogP contribution in [-0.2, 0) is 37.0 Å². The summed E-state index contributed by atoms with van der Waals surface area (Å²) in [6, 6.07) is 31.9. The van der Waals surface area contributed by atoms with E-state index in [0.29, 0.717) is 0 Å². The van der Waals surface area contributed by atoms with Crippen molar-refractivity contribution < 1.29 is 0 Å². The molecule has 0 unspecified atom stereocenters. The van der Waals surface area contributed by atoms with Gasteiger partial charge in [0.1, 0.15) is 0 Å². The summed E-state index contributed by atoms with van der Waals surface area (Å²) in [6.45, 7) is 8.26. The Bertz CT molecular complexity index is 1410. The van der Waals surface area contributed by atoms with Crippen molar-refractivity contribution in [2.75, 3.05) is 0 Å². The van der Waals surface area contributed by atoms with Crippen LogP contribution in [0.3, 0.4) is 0 Å². The summed E-state index contributed by atoms with van der Waals surface area (Å²) >= 11 is 0. The van der Waals surface area contributed by atoms with E-state index in [-0.39, 0.29) is 0 Å². The predicted octanol–water partition coefficient (Wildman–Crippen LogP) is 8.66. The molecule has 0 radical (unpaired) electrons. The minimum absolute atomic E-state index is 0.436. The van der Waals surface area contributed by atoms with Gasteiger partial charge in [0.15, 0.2) is 0 Å². The van der Waals surface area contributed by atoms with Crippen molar-refractivity contribution in [3.05, 3.63) is 148 Å². The standard InChI is InChI=1S/C35H39N5P2/c1-26-10-5-14-30(36-26)20-41(21-31-15-6-11-27(2)37-31)24-34-18-9-19-35(40-34)25-42(22-32-16-7-12-28(3)38-32)23-33-17-8-13-29(4)39-33/h5-19H,20-25H2,1-4H3.